The van der Waals surface area contributed by atoms with Crippen molar-refractivity contribution in [2.75, 3.05) is 43.6 Å². The molecule has 4 rings (SSSR count). The number of Topliss-reactive ketones (excluding diaryl/α,β-unsaturated/α-hetero) is 1. The Kier molecular flexibility index (Phi) is 11.8. The lowest BCUT2D eigenvalue weighted by Crippen LogP contribution is -2.36. The fourth-order valence-corrected chi connectivity index (χ4v) is 6.60. The van der Waals surface area contributed by atoms with Gasteiger partial charge in [-0.25, -0.2) is 9.69 Å². The first-order valence-electron chi connectivity index (χ1n) is 14.2. The molecule has 41 heavy (non-hydrogen) atoms. The number of unbranched alkanes of at least 4 members (excludes halogenated alkanes) is 1. The van der Waals surface area contributed by atoms with E-state index in [1.165, 1.54) is 12.2 Å². The molecule has 3 heterocycles. The van der Waals surface area contributed by atoms with Gasteiger partial charge in [-0.15, -0.1) is 0 Å². The van der Waals surface area contributed by atoms with E-state index in [-0.39, 0.29) is 48.0 Å². The molecular weight excluding hydrogens is 548 g/mol. The number of thioether (sulfide) groups is 1. The van der Waals surface area contributed by atoms with Gasteiger partial charge < -0.3 is 25.4 Å². The summed E-state index contributed by atoms with van der Waals surface area (Å²) in [4.78, 5) is 60.3. The van der Waals surface area contributed by atoms with Gasteiger partial charge in [0.05, 0.1) is 37.6 Å². The van der Waals surface area contributed by atoms with Crippen molar-refractivity contribution in [3.63, 3.8) is 0 Å². The number of rotatable bonds is 18. The highest BCUT2D eigenvalue weighted by Crippen LogP contribution is 2.33. The summed E-state index contributed by atoms with van der Waals surface area (Å²) < 4.78 is 11.0. The van der Waals surface area contributed by atoms with Crippen LogP contribution < -0.4 is 20.9 Å². The lowest BCUT2D eigenvalue weighted by atomic mass is 10.0. The Hall–Kier alpha value is -3.22. The van der Waals surface area contributed by atoms with E-state index in [1.807, 2.05) is 11.8 Å². The largest absolute Gasteiger partial charge is 0.379 e. The van der Waals surface area contributed by atoms with Gasteiger partial charge in [-0.05, 0) is 37.0 Å². The summed E-state index contributed by atoms with van der Waals surface area (Å²) in [6.07, 6.45) is 7.04. The lowest BCUT2D eigenvalue weighted by molar-refractivity contribution is -0.122. The van der Waals surface area contributed by atoms with Crippen LogP contribution >= 0.6 is 11.8 Å². The average Bonchev–Trinajstić information content (AvgIpc) is 3.61. The molecule has 0 radical (unpaired) electrons. The molecule has 3 N–H and O–H groups in total. The molecule has 2 fully saturated rings. The molecule has 1 aromatic carbocycles. The lowest BCUT2D eigenvalue weighted by Gasteiger charge is -2.16. The molecule has 11 nitrogen and oxygen atoms in total. The van der Waals surface area contributed by atoms with Crippen LogP contribution in [0.4, 0.5) is 10.5 Å². The smallest absolute Gasteiger partial charge is 0.315 e. The number of ether oxygens (including phenoxy) is 2. The molecule has 12 heteroatoms. The van der Waals surface area contributed by atoms with Gasteiger partial charge in [-0.3, -0.25) is 19.2 Å². The van der Waals surface area contributed by atoms with E-state index in [0.29, 0.717) is 63.2 Å². The van der Waals surface area contributed by atoms with Gasteiger partial charge in [0, 0.05) is 55.6 Å². The van der Waals surface area contributed by atoms with Crippen LogP contribution in [-0.4, -0.2) is 85.6 Å². The quantitative estimate of drug-likeness (QED) is 0.134. The Bertz CT molecular complexity index is 1110. The number of hydrogen-bond acceptors (Lipinski definition) is 8. The van der Waals surface area contributed by atoms with Crippen LogP contribution in [0, 0.1) is 0 Å². The molecule has 0 aliphatic carbocycles. The number of urea groups is 1. The summed E-state index contributed by atoms with van der Waals surface area (Å²) in [5.74, 6) is 0.323. The van der Waals surface area contributed by atoms with Gasteiger partial charge >= 0.3 is 6.03 Å². The van der Waals surface area contributed by atoms with Gasteiger partial charge in [0.15, 0.2) is 0 Å². The first-order valence-corrected chi connectivity index (χ1v) is 15.2. The van der Waals surface area contributed by atoms with E-state index in [4.69, 9.17) is 9.47 Å². The minimum absolute atomic E-state index is 0.0207. The highest BCUT2D eigenvalue weighted by Gasteiger charge is 2.42. The number of benzene rings is 1. The zero-order chi connectivity index (χ0) is 29.0. The molecule has 2 saturated heterocycles. The van der Waals surface area contributed by atoms with Crippen LogP contribution in [0.2, 0.25) is 0 Å². The average molecular weight is 587 g/mol. The molecule has 3 aliphatic heterocycles. The van der Waals surface area contributed by atoms with E-state index in [1.54, 1.807) is 24.3 Å². The van der Waals surface area contributed by atoms with Crippen LogP contribution in [0.3, 0.4) is 0 Å². The normalized spacial score (nSPS) is 21.2. The number of imide groups is 1. The number of fused-ring (bicyclic) bond motifs is 1. The molecule has 3 atom stereocenters. The SMILES string of the molecule is O=C(CCCOCCOCCNC(=O)CCCCC1SCC2NC(=O)NC21)Cc1ccc(N2C(=O)C=CC2=O)cc1. The predicted octanol–water partition coefficient (Wildman–Crippen LogP) is 1.88. The van der Waals surface area contributed by atoms with Crippen molar-refractivity contribution < 1.29 is 33.4 Å². The molecule has 0 saturated carbocycles. The van der Waals surface area contributed by atoms with Crippen molar-refractivity contribution in [1.29, 1.82) is 0 Å². The Morgan fingerprint density at radius 2 is 1.63 bits per heavy atom. The summed E-state index contributed by atoms with van der Waals surface area (Å²) in [6, 6.07) is 7.22. The van der Waals surface area contributed by atoms with E-state index in [2.05, 4.69) is 16.0 Å². The van der Waals surface area contributed by atoms with Crippen molar-refractivity contribution >= 4 is 47.0 Å². The summed E-state index contributed by atoms with van der Waals surface area (Å²) in [5.41, 5.74) is 1.31. The predicted molar refractivity (Wildman–Crippen MR) is 155 cm³/mol. The Morgan fingerprint density at radius 1 is 0.902 bits per heavy atom. The number of nitrogens with zero attached hydrogens (tertiary/aromatic N) is 1. The fraction of sp³-hybridized carbons (Fsp3) is 0.552. The number of nitrogens with one attached hydrogen (secondary N) is 3. The second-order valence-corrected chi connectivity index (χ2v) is 11.5. The van der Waals surface area contributed by atoms with Crippen LogP contribution in [0.1, 0.15) is 44.1 Å². The summed E-state index contributed by atoms with van der Waals surface area (Å²) in [7, 11) is 0. The molecule has 0 aromatic heterocycles. The van der Waals surface area contributed by atoms with Gasteiger partial charge in [-0.1, -0.05) is 18.6 Å². The second kappa shape index (κ2) is 15.7. The third-order valence-corrected chi connectivity index (χ3v) is 8.68. The maximum atomic E-state index is 12.3. The van der Waals surface area contributed by atoms with Gasteiger partial charge in [0.1, 0.15) is 5.78 Å². The minimum atomic E-state index is -0.369. The highest BCUT2D eigenvalue weighted by atomic mass is 32.2. The van der Waals surface area contributed by atoms with Crippen molar-refractivity contribution in [2.24, 2.45) is 0 Å². The minimum Gasteiger partial charge on any atom is -0.379 e. The van der Waals surface area contributed by atoms with Gasteiger partial charge in [0.2, 0.25) is 5.91 Å². The zero-order valence-electron chi connectivity index (χ0n) is 23.1. The highest BCUT2D eigenvalue weighted by molar-refractivity contribution is 8.00. The summed E-state index contributed by atoms with van der Waals surface area (Å²) in [5, 5.41) is 9.22. The number of amides is 5. The third-order valence-electron chi connectivity index (χ3n) is 7.17. The maximum absolute atomic E-state index is 12.3. The molecule has 222 valence electrons. The maximum Gasteiger partial charge on any atom is 0.315 e. The standard InChI is InChI=1S/C29H38N4O7S/c34-22(18-20-7-9-21(10-8-20)33-26(36)11-12-27(33)37)4-3-14-39-16-17-40-15-13-30-25(35)6-2-1-5-24-28-23(19-41-24)31-29(38)32-28/h7-12,23-24,28H,1-6,13-19H2,(H,30,35)(H2,31,32,38). The summed E-state index contributed by atoms with van der Waals surface area (Å²) >= 11 is 1.89. The van der Waals surface area contributed by atoms with Crippen molar-refractivity contribution in [2.45, 2.75) is 62.3 Å². The number of anilines is 1. The monoisotopic (exact) mass is 586 g/mol. The molecular formula is C29H38N4O7S. The molecule has 0 bridgehead atoms. The molecule has 0 spiro atoms. The number of hydrogen-bond donors (Lipinski definition) is 3. The van der Waals surface area contributed by atoms with Gasteiger partial charge in [0.25, 0.3) is 11.8 Å². The molecule has 3 unspecified atom stereocenters. The Labute approximate surface area is 244 Å². The molecule has 3 aliphatic rings. The summed E-state index contributed by atoms with van der Waals surface area (Å²) in [6.45, 7) is 2.16. The van der Waals surface area contributed by atoms with Crippen LogP contribution in [0.5, 0.6) is 0 Å². The van der Waals surface area contributed by atoms with Crippen molar-refractivity contribution in [3.05, 3.63) is 42.0 Å². The third kappa shape index (κ3) is 9.40. The van der Waals surface area contributed by atoms with Crippen LogP contribution in [0.15, 0.2) is 36.4 Å². The van der Waals surface area contributed by atoms with E-state index >= 15 is 0 Å². The number of ketones is 1. The van der Waals surface area contributed by atoms with E-state index in [0.717, 1.165) is 35.5 Å². The number of carbonyl (C=O) groups is 5. The van der Waals surface area contributed by atoms with E-state index in [9.17, 15) is 24.0 Å². The van der Waals surface area contributed by atoms with Gasteiger partial charge in [-0.2, -0.15) is 11.8 Å². The second-order valence-electron chi connectivity index (χ2n) is 10.3. The molecule has 5 amide bonds. The number of carbonyl (C=O) groups excluding carboxylic acids is 5. The first kappa shape index (κ1) is 30.7. The van der Waals surface area contributed by atoms with E-state index < -0.39 is 0 Å². The van der Waals surface area contributed by atoms with Crippen molar-refractivity contribution in [1.82, 2.24) is 16.0 Å². The first-order chi connectivity index (χ1) is 19.9. The van der Waals surface area contributed by atoms with Crippen molar-refractivity contribution in [3.8, 4) is 0 Å². The topological polar surface area (TPSA) is 143 Å². The molecule has 1 aromatic rings. The Morgan fingerprint density at radius 3 is 2.39 bits per heavy atom. The zero-order valence-corrected chi connectivity index (χ0v) is 23.9. The van der Waals surface area contributed by atoms with Crippen LogP contribution in [0.25, 0.3) is 0 Å². The van der Waals surface area contributed by atoms with Crippen LogP contribution in [-0.2, 0) is 35.1 Å². The fourth-order valence-electron chi connectivity index (χ4n) is 5.05. The Balaban J connectivity index is 0.930.